The van der Waals surface area contributed by atoms with Gasteiger partial charge in [0.05, 0.1) is 23.3 Å². The number of benzene rings is 2. The van der Waals surface area contributed by atoms with E-state index in [1.807, 2.05) is 30.3 Å². The van der Waals surface area contributed by atoms with Crippen LogP contribution in [0, 0.1) is 10.1 Å². The van der Waals surface area contributed by atoms with Crippen molar-refractivity contribution in [3.8, 4) is 17.0 Å². The number of H-pyrrole nitrogens is 1. The van der Waals surface area contributed by atoms with Crippen molar-refractivity contribution in [3.05, 3.63) is 81.1 Å². The fraction of sp³-hybridized carbons (Fsp3) is 0.158. The van der Waals surface area contributed by atoms with E-state index in [2.05, 4.69) is 9.97 Å². The molecule has 3 aromatic rings. The molecule has 3 rings (SSSR count). The molecule has 0 bridgehead atoms. The van der Waals surface area contributed by atoms with E-state index in [-0.39, 0.29) is 11.2 Å². The van der Waals surface area contributed by atoms with Crippen molar-refractivity contribution < 1.29 is 9.66 Å². The number of nitrogens with zero attached hydrogens (tertiary/aromatic N) is 2. The van der Waals surface area contributed by atoms with Gasteiger partial charge in [0, 0.05) is 23.4 Å². The summed E-state index contributed by atoms with van der Waals surface area (Å²) < 4.78 is 5.54. The minimum Gasteiger partial charge on any atom is -0.493 e. The van der Waals surface area contributed by atoms with E-state index in [1.165, 1.54) is 30.0 Å². The van der Waals surface area contributed by atoms with Crippen molar-refractivity contribution in [2.24, 2.45) is 0 Å². The number of nitro benzene ring substituents is 1. The molecule has 27 heavy (non-hydrogen) atoms. The first-order valence-electron chi connectivity index (χ1n) is 8.29. The second kappa shape index (κ2) is 9.00. The molecule has 0 aliphatic carbocycles. The first-order chi connectivity index (χ1) is 13.1. The molecule has 0 saturated heterocycles. The van der Waals surface area contributed by atoms with Gasteiger partial charge >= 0.3 is 0 Å². The van der Waals surface area contributed by atoms with Gasteiger partial charge in [-0.2, -0.15) is 0 Å². The molecule has 0 radical (unpaired) electrons. The molecule has 0 saturated carbocycles. The third-order valence-corrected chi connectivity index (χ3v) is 4.57. The van der Waals surface area contributed by atoms with Crippen LogP contribution in [-0.4, -0.2) is 27.3 Å². The second-order valence-corrected chi connectivity index (χ2v) is 6.69. The maximum atomic E-state index is 11.9. The summed E-state index contributed by atoms with van der Waals surface area (Å²) in [6.07, 6.45) is 0.701. The summed E-state index contributed by atoms with van der Waals surface area (Å²) in [6, 6.07) is 17.1. The van der Waals surface area contributed by atoms with Gasteiger partial charge in [-0.15, -0.1) is 0 Å². The quantitative estimate of drug-likeness (QED) is 0.208. The lowest BCUT2D eigenvalue weighted by Gasteiger charge is -2.06. The molecule has 0 fully saturated rings. The molecule has 8 heteroatoms. The van der Waals surface area contributed by atoms with Crippen molar-refractivity contribution >= 4 is 17.4 Å². The van der Waals surface area contributed by atoms with E-state index in [9.17, 15) is 14.9 Å². The van der Waals surface area contributed by atoms with E-state index in [0.29, 0.717) is 35.4 Å². The summed E-state index contributed by atoms with van der Waals surface area (Å²) in [5.74, 6) is 1.16. The van der Waals surface area contributed by atoms with Gasteiger partial charge in [0.15, 0.2) is 5.16 Å². The average molecular weight is 383 g/mol. The maximum Gasteiger partial charge on any atom is 0.273 e. The summed E-state index contributed by atoms with van der Waals surface area (Å²) >= 11 is 1.43. The molecule has 0 unspecified atom stereocenters. The lowest BCUT2D eigenvalue weighted by atomic mass is 10.1. The third-order valence-electron chi connectivity index (χ3n) is 3.61. The van der Waals surface area contributed by atoms with Crippen LogP contribution in [0.1, 0.15) is 6.42 Å². The summed E-state index contributed by atoms with van der Waals surface area (Å²) in [5, 5.41) is 11.3. The Labute approximate surface area is 159 Å². The zero-order chi connectivity index (χ0) is 19.1. The Balaban J connectivity index is 1.52. The Morgan fingerprint density at radius 1 is 1.11 bits per heavy atom. The minimum atomic E-state index is -0.454. The molecule has 0 atom stereocenters. The monoisotopic (exact) mass is 383 g/mol. The topological polar surface area (TPSA) is 98.1 Å². The number of hydrogen-bond acceptors (Lipinski definition) is 6. The predicted octanol–water partition coefficient (Wildman–Crippen LogP) is 3.91. The lowest BCUT2D eigenvalue weighted by Crippen LogP contribution is -2.08. The van der Waals surface area contributed by atoms with Crippen LogP contribution in [0.25, 0.3) is 11.3 Å². The molecule has 7 nitrogen and oxygen atoms in total. The van der Waals surface area contributed by atoms with Crippen LogP contribution < -0.4 is 10.3 Å². The number of ether oxygens (including phenoxy) is 1. The minimum absolute atomic E-state index is 0.00128. The van der Waals surface area contributed by atoms with Gasteiger partial charge in [-0.3, -0.25) is 14.9 Å². The summed E-state index contributed by atoms with van der Waals surface area (Å²) in [7, 11) is 0. The number of aromatic nitrogens is 2. The third kappa shape index (κ3) is 5.42. The number of rotatable bonds is 8. The molecular formula is C19H17N3O4S. The Bertz CT molecular complexity index is 976. The molecule has 0 aliphatic heterocycles. The van der Waals surface area contributed by atoms with E-state index < -0.39 is 4.92 Å². The number of aromatic amines is 1. The number of nitrogens with one attached hydrogen (secondary N) is 1. The van der Waals surface area contributed by atoms with Crippen LogP contribution in [0.4, 0.5) is 5.69 Å². The standard InChI is InChI=1S/C19H17N3O4S/c23-18-13-17(14-6-2-1-3-7-14)20-19(21-18)27-11-5-10-26-16-9-4-8-15(12-16)22(24)25/h1-4,6-9,12-13H,5,10-11H2,(H,20,21,23). The van der Waals surface area contributed by atoms with Gasteiger partial charge in [0.1, 0.15) is 5.75 Å². The van der Waals surface area contributed by atoms with Gasteiger partial charge < -0.3 is 9.72 Å². The van der Waals surface area contributed by atoms with Crippen molar-refractivity contribution in [1.82, 2.24) is 9.97 Å². The van der Waals surface area contributed by atoms with Crippen LogP contribution in [0.5, 0.6) is 5.75 Å². The van der Waals surface area contributed by atoms with Crippen molar-refractivity contribution in [2.45, 2.75) is 11.6 Å². The largest absolute Gasteiger partial charge is 0.493 e. The number of nitro groups is 1. The summed E-state index contributed by atoms with van der Waals surface area (Å²) in [4.78, 5) is 29.4. The van der Waals surface area contributed by atoms with Crippen LogP contribution >= 0.6 is 11.8 Å². The molecule has 0 spiro atoms. The first kappa shape index (κ1) is 18.7. The number of non-ortho nitro benzene ring substituents is 1. The normalized spacial score (nSPS) is 10.5. The van der Waals surface area contributed by atoms with Crippen LogP contribution in [0.2, 0.25) is 0 Å². The van der Waals surface area contributed by atoms with Crippen LogP contribution in [-0.2, 0) is 0 Å². The Morgan fingerprint density at radius 3 is 2.70 bits per heavy atom. The molecule has 1 heterocycles. The Morgan fingerprint density at radius 2 is 1.93 bits per heavy atom. The highest BCUT2D eigenvalue weighted by molar-refractivity contribution is 7.99. The fourth-order valence-corrected chi connectivity index (χ4v) is 3.16. The first-order valence-corrected chi connectivity index (χ1v) is 9.27. The number of hydrogen-bond donors (Lipinski definition) is 1. The average Bonchev–Trinajstić information content (AvgIpc) is 2.68. The molecule has 1 aromatic heterocycles. The van der Waals surface area contributed by atoms with Gasteiger partial charge in [-0.1, -0.05) is 48.2 Å². The highest BCUT2D eigenvalue weighted by Crippen LogP contribution is 2.21. The SMILES string of the molecule is O=c1cc(-c2ccccc2)nc(SCCCOc2cccc([N+](=O)[O-])c2)[nH]1. The molecule has 138 valence electrons. The predicted molar refractivity (Wildman–Crippen MR) is 104 cm³/mol. The van der Waals surface area contributed by atoms with Crippen molar-refractivity contribution in [1.29, 1.82) is 0 Å². The zero-order valence-electron chi connectivity index (χ0n) is 14.3. The summed E-state index contributed by atoms with van der Waals surface area (Å²) in [5.41, 5.74) is 1.33. The summed E-state index contributed by atoms with van der Waals surface area (Å²) in [6.45, 7) is 0.413. The second-order valence-electron chi connectivity index (χ2n) is 5.61. The van der Waals surface area contributed by atoms with E-state index in [0.717, 1.165) is 5.56 Å². The fourth-order valence-electron chi connectivity index (χ4n) is 2.37. The highest BCUT2D eigenvalue weighted by atomic mass is 32.2. The van der Waals surface area contributed by atoms with Crippen LogP contribution in [0.15, 0.2) is 70.6 Å². The molecule has 2 aromatic carbocycles. The van der Waals surface area contributed by atoms with Gasteiger partial charge in [-0.05, 0) is 12.5 Å². The van der Waals surface area contributed by atoms with Gasteiger partial charge in [0.2, 0.25) is 0 Å². The Hall–Kier alpha value is -3.13. The Kier molecular flexibility index (Phi) is 6.22. The van der Waals surface area contributed by atoms with Crippen LogP contribution in [0.3, 0.4) is 0 Å². The van der Waals surface area contributed by atoms with E-state index in [4.69, 9.17) is 4.74 Å². The van der Waals surface area contributed by atoms with E-state index in [1.54, 1.807) is 12.1 Å². The van der Waals surface area contributed by atoms with Gasteiger partial charge in [0.25, 0.3) is 11.2 Å². The number of thioether (sulfide) groups is 1. The smallest absolute Gasteiger partial charge is 0.273 e. The van der Waals surface area contributed by atoms with E-state index >= 15 is 0 Å². The molecule has 0 aliphatic rings. The highest BCUT2D eigenvalue weighted by Gasteiger charge is 2.07. The molecule has 0 amide bonds. The maximum absolute atomic E-state index is 11.9. The lowest BCUT2D eigenvalue weighted by molar-refractivity contribution is -0.384. The van der Waals surface area contributed by atoms with Crippen molar-refractivity contribution in [3.63, 3.8) is 0 Å². The van der Waals surface area contributed by atoms with Gasteiger partial charge in [-0.25, -0.2) is 4.98 Å². The molecule has 1 N–H and O–H groups in total. The zero-order valence-corrected chi connectivity index (χ0v) is 15.1. The van der Waals surface area contributed by atoms with Crippen molar-refractivity contribution in [2.75, 3.05) is 12.4 Å². The molecular weight excluding hydrogens is 366 g/mol.